The lowest BCUT2D eigenvalue weighted by Crippen LogP contribution is -2.30. The molecule has 1 aromatic heterocycles. The number of nitrogens with zero attached hydrogens (tertiary/aromatic N) is 1. The van der Waals surface area contributed by atoms with Crippen molar-refractivity contribution in [3.8, 4) is 0 Å². The molecule has 0 saturated carbocycles. The fraction of sp³-hybridized carbons (Fsp3) is 0.625. The molecule has 5 nitrogen and oxygen atoms in total. The molecule has 5 heteroatoms. The Bertz CT molecular complexity index is 457. The van der Waals surface area contributed by atoms with Gasteiger partial charge in [-0.25, -0.2) is 4.98 Å². The van der Waals surface area contributed by atoms with E-state index in [2.05, 4.69) is 15.6 Å². The summed E-state index contributed by atoms with van der Waals surface area (Å²) in [6, 6.07) is 3.67. The third kappa shape index (κ3) is 5.34. The van der Waals surface area contributed by atoms with Gasteiger partial charge in [-0.3, -0.25) is 4.79 Å². The van der Waals surface area contributed by atoms with E-state index >= 15 is 0 Å². The van der Waals surface area contributed by atoms with Gasteiger partial charge in [-0.15, -0.1) is 0 Å². The van der Waals surface area contributed by atoms with Crippen LogP contribution in [0.15, 0.2) is 18.3 Å². The minimum Gasteiger partial charge on any atom is -0.381 e. The van der Waals surface area contributed by atoms with Crippen LogP contribution in [0.25, 0.3) is 0 Å². The standard InChI is InChI=1S/C16H25N3O2/c1-12(2)19-16(20)14-6-8-18-15(10-14)17-7-5-13-4-3-9-21-11-13/h6,8,10,12-13H,3-5,7,9,11H2,1-2H3,(H,17,18)(H,19,20)/t13-/m1/s1. The number of carbonyl (C=O) groups is 1. The average molecular weight is 291 g/mol. The predicted molar refractivity (Wildman–Crippen MR) is 83.5 cm³/mol. The Balaban J connectivity index is 1.81. The van der Waals surface area contributed by atoms with Crippen LogP contribution in [0.3, 0.4) is 0 Å². The summed E-state index contributed by atoms with van der Waals surface area (Å²) in [5.41, 5.74) is 0.641. The Morgan fingerprint density at radius 2 is 2.38 bits per heavy atom. The van der Waals surface area contributed by atoms with E-state index in [0.717, 1.165) is 38.4 Å². The molecule has 21 heavy (non-hydrogen) atoms. The van der Waals surface area contributed by atoms with E-state index in [9.17, 15) is 4.79 Å². The molecule has 1 fully saturated rings. The Kier molecular flexibility index (Phi) is 5.99. The van der Waals surface area contributed by atoms with Gasteiger partial charge in [0.25, 0.3) is 5.91 Å². The zero-order valence-electron chi connectivity index (χ0n) is 12.9. The average Bonchev–Trinajstić information content (AvgIpc) is 2.48. The highest BCUT2D eigenvalue weighted by molar-refractivity contribution is 5.94. The van der Waals surface area contributed by atoms with E-state index in [1.54, 1.807) is 18.3 Å². The zero-order valence-corrected chi connectivity index (χ0v) is 12.9. The summed E-state index contributed by atoms with van der Waals surface area (Å²) in [5, 5.41) is 6.18. The predicted octanol–water partition coefficient (Wildman–Crippen LogP) is 2.45. The molecule has 1 amide bonds. The second-order valence-electron chi connectivity index (χ2n) is 5.86. The number of rotatable bonds is 6. The number of pyridine rings is 1. The Morgan fingerprint density at radius 3 is 3.10 bits per heavy atom. The number of hydrogen-bond donors (Lipinski definition) is 2. The monoisotopic (exact) mass is 291 g/mol. The Hall–Kier alpha value is -1.62. The van der Waals surface area contributed by atoms with E-state index < -0.39 is 0 Å². The maximum atomic E-state index is 11.9. The molecular formula is C16H25N3O2. The first-order chi connectivity index (χ1) is 10.1. The third-order valence-corrected chi connectivity index (χ3v) is 3.56. The van der Waals surface area contributed by atoms with E-state index in [1.165, 1.54) is 6.42 Å². The normalized spacial score (nSPS) is 18.5. The summed E-state index contributed by atoms with van der Waals surface area (Å²) in [6.45, 7) is 6.52. The summed E-state index contributed by atoms with van der Waals surface area (Å²) < 4.78 is 5.48. The third-order valence-electron chi connectivity index (χ3n) is 3.56. The first-order valence-corrected chi connectivity index (χ1v) is 7.73. The largest absolute Gasteiger partial charge is 0.381 e. The fourth-order valence-corrected chi connectivity index (χ4v) is 2.45. The number of aromatic nitrogens is 1. The lowest BCUT2D eigenvalue weighted by Gasteiger charge is -2.22. The zero-order chi connectivity index (χ0) is 15.1. The van der Waals surface area contributed by atoms with Crippen molar-refractivity contribution in [3.05, 3.63) is 23.9 Å². The number of amides is 1. The van der Waals surface area contributed by atoms with E-state index in [1.807, 2.05) is 13.8 Å². The van der Waals surface area contributed by atoms with Gasteiger partial charge in [-0.05, 0) is 51.2 Å². The van der Waals surface area contributed by atoms with Crippen molar-refractivity contribution in [1.82, 2.24) is 10.3 Å². The van der Waals surface area contributed by atoms with Gasteiger partial charge in [0.15, 0.2) is 0 Å². The molecular weight excluding hydrogens is 266 g/mol. The fourth-order valence-electron chi connectivity index (χ4n) is 2.45. The van der Waals surface area contributed by atoms with Crippen molar-refractivity contribution in [1.29, 1.82) is 0 Å². The van der Waals surface area contributed by atoms with Gasteiger partial charge in [0.05, 0.1) is 0 Å². The van der Waals surface area contributed by atoms with Crippen molar-refractivity contribution in [2.75, 3.05) is 25.1 Å². The van der Waals surface area contributed by atoms with Gasteiger partial charge in [0.1, 0.15) is 5.82 Å². The highest BCUT2D eigenvalue weighted by Crippen LogP contribution is 2.17. The van der Waals surface area contributed by atoms with Gasteiger partial charge < -0.3 is 15.4 Å². The summed E-state index contributed by atoms with van der Waals surface area (Å²) >= 11 is 0. The first-order valence-electron chi connectivity index (χ1n) is 7.73. The van der Waals surface area contributed by atoms with Crippen LogP contribution < -0.4 is 10.6 Å². The van der Waals surface area contributed by atoms with Crippen LogP contribution in [0, 0.1) is 5.92 Å². The molecule has 1 atom stereocenters. The molecule has 1 aliphatic heterocycles. The van der Waals surface area contributed by atoms with Crippen molar-refractivity contribution >= 4 is 11.7 Å². The molecule has 0 aromatic carbocycles. The summed E-state index contributed by atoms with van der Waals surface area (Å²) in [6.07, 6.45) is 5.14. The molecule has 0 radical (unpaired) electrons. The van der Waals surface area contributed by atoms with E-state index in [4.69, 9.17) is 4.74 Å². The summed E-state index contributed by atoms with van der Waals surface area (Å²) in [5.74, 6) is 1.33. The minimum atomic E-state index is -0.0591. The SMILES string of the molecule is CC(C)NC(=O)c1ccnc(NCC[C@H]2CCCOC2)c1. The smallest absolute Gasteiger partial charge is 0.251 e. The lowest BCUT2D eigenvalue weighted by atomic mass is 9.99. The molecule has 0 bridgehead atoms. The Morgan fingerprint density at radius 1 is 1.52 bits per heavy atom. The number of hydrogen-bond acceptors (Lipinski definition) is 4. The van der Waals surface area contributed by atoms with Crippen molar-refractivity contribution in [2.24, 2.45) is 5.92 Å². The molecule has 2 heterocycles. The molecule has 0 spiro atoms. The van der Waals surface area contributed by atoms with Crippen LogP contribution in [-0.2, 0) is 4.74 Å². The highest BCUT2D eigenvalue weighted by Gasteiger charge is 2.13. The summed E-state index contributed by atoms with van der Waals surface area (Å²) in [7, 11) is 0. The molecule has 0 unspecified atom stereocenters. The van der Waals surface area contributed by atoms with Crippen LogP contribution in [-0.4, -0.2) is 36.7 Å². The van der Waals surface area contributed by atoms with Crippen molar-refractivity contribution in [3.63, 3.8) is 0 Å². The second kappa shape index (κ2) is 7.98. The maximum Gasteiger partial charge on any atom is 0.251 e. The van der Waals surface area contributed by atoms with Crippen molar-refractivity contribution in [2.45, 2.75) is 39.2 Å². The number of nitrogens with one attached hydrogen (secondary N) is 2. The number of carbonyl (C=O) groups excluding carboxylic acids is 1. The van der Waals surface area contributed by atoms with Crippen LogP contribution in [0.2, 0.25) is 0 Å². The lowest BCUT2D eigenvalue weighted by molar-refractivity contribution is 0.0530. The maximum absolute atomic E-state index is 11.9. The Labute approximate surface area is 126 Å². The van der Waals surface area contributed by atoms with Crippen LogP contribution in [0.5, 0.6) is 0 Å². The summed E-state index contributed by atoms with van der Waals surface area (Å²) in [4.78, 5) is 16.2. The van der Waals surface area contributed by atoms with Crippen LogP contribution >= 0.6 is 0 Å². The van der Waals surface area contributed by atoms with E-state index in [0.29, 0.717) is 11.5 Å². The highest BCUT2D eigenvalue weighted by atomic mass is 16.5. The second-order valence-corrected chi connectivity index (χ2v) is 5.86. The van der Waals surface area contributed by atoms with E-state index in [-0.39, 0.29) is 11.9 Å². The molecule has 1 aliphatic rings. The van der Waals surface area contributed by atoms with Gasteiger partial charge in [-0.2, -0.15) is 0 Å². The van der Waals surface area contributed by atoms with Gasteiger partial charge in [0, 0.05) is 37.6 Å². The molecule has 2 N–H and O–H groups in total. The molecule has 1 aromatic rings. The number of ether oxygens (including phenoxy) is 1. The van der Waals surface area contributed by atoms with Gasteiger partial charge >= 0.3 is 0 Å². The molecule has 2 rings (SSSR count). The molecule has 1 saturated heterocycles. The minimum absolute atomic E-state index is 0.0591. The first kappa shape index (κ1) is 15.8. The van der Waals surface area contributed by atoms with Crippen LogP contribution in [0.1, 0.15) is 43.5 Å². The van der Waals surface area contributed by atoms with Crippen molar-refractivity contribution < 1.29 is 9.53 Å². The van der Waals surface area contributed by atoms with Gasteiger partial charge in [-0.1, -0.05) is 0 Å². The topological polar surface area (TPSA) is 63.2 Å². The quantitative estimate of drug-likeness (QED) is 0.845. The van der Waals surface area contributed by atoms with Crippen LogP contribution in [0.4, 0.5) is 5.82 Å². The molecule has 0 aliphatic carbocycles. The molecule has 116 valence electrons. The van der Waals surface area contributed by atoms with Gasteiger partial charge in [0.2, 0.25) is 0 Å². The number of anilines is 1.